The molecule has 0 aliphatic carbocycles. The molecule has 0 saturated carbocycles. The van der Waals surface area contributed by atoms with Gasteiger partial charge in [0.25, 0.3) is 17.0 Å². The number of aryl methyl sites for hydroxylation is 1. The van der Waals surface area contributed by atoms with E-state index >= 15 is 0 Å². The average Bonchev–Trinajstić information content (AvgIpc) is 3.38. The van der Waals surface area contributed by atoms with Crippen LogP contribution in [0.3, 0.4) is 0 Å². The van der Waals surface area contributed by atoms with Crippen LogP contribution in [-0.4, -0.2) is 33.0 Å². The van der Waals surface area contributed by atoms with Crippen molar-refractivity contribution in [3.63, 3.8) is 0 Å². The van der Waals surface area contributed by atoms with Crippen LogP contribution in [0.25, 0.3) is 10.5 Å². The van der Waals surface area contributed by atoms with Crippen LogP contribution in [0.2, 0.25) is 0 Å². The summed E-state index contributed by atoms with van der Waals surface area (Å²) in [6, 6.07) is 23.6. The molecule has 2 aromatic heterocycles. The number of carbonyl (C=O) groups is 2. The SMILES string of the molecule is Cc1ccc(NC(=O)CN2C(=O)C(=c3sc4nc(=O)c(Cc5ccccc5)nn4c3=O)c3ccccc32)cc1. The van der Waals surface area contributed by atoms with Crippen molar-refractivity contribution in [3.05, 3.63) is 126 Å². The van der Waals surface area contributed by atoms with Gasteiger partial charge in [0.05, 0.1) is 11.3 Å². The van der Waals surface area contributed by atoms with E-state index in [4.69, 9.17) is 0 Å². The summed E-state index contributed by atoms with van der Waals surface area (Å²) in [4.78, 5) is 58.2. The third kappa shape index (κ3) is 4.51. The molecule has 192 valence electrons. The number of rotatable bonds is 5. The molecule has 1 N–H and O–H groups in total. The Morgan fingerprint density at radius 2 is 1.64 bits per heavy atom. The minimum atomic E-state index is -0.541. The lowest BCUT2D eigenvalue weighted by Gasteiger charge is -2.16. The fourth-order valence-electron chi connectivity index (χ4n) is 4.53. The number of carbonyl (C=O) groups excluding carboxylic acids is 2. The topological polar surface area (TPSA) is 114 Å². The summed E-state index contributed by atoms with van der Waals surface area (Å²) in [5.41, 5.74) is 2.83. The van der Waals surface area contributed by atoms with Crippen LogP contribution in [0.1, 0.15) is 22.4 Å². The Labute approximate surface area is 225 Å². The van der Waals surface area contributed by atoms with Crippen molar-refractivity contribution in [2.45, 2.75) is 13.3 Å². The zero-order chi connectivity index (χ0) is 27.1. The Hall–Kier alpha value is -4.96. The lowest BCUT2D eigenvalue weighted by Crippen LogP contribution is -2.37. The second-order valence-corrected chi connectivity index (χ2v) is 10.1. The van der Waals surface area contributed by atoms with Gasteiger partial charge < -0.3 is 5.32 Å². The van der Waals surface area contributed by atoms with Crippen molar-refractivity contribution in [1.29, 1.82) is 0 Å². The first-order chi connectivity index (χ1) is 18.9. The molecule has 0 radical (unpaired) electrons. The van der Waals surface area contributed by atoms with Crippen molar-refractivity contribution in [2.24, 2.45) is 0 Å². The average molecular weight is 536 g/mol. The fraction of sp³-hybridized carbons (Fsp3) is 0.103. The van der Waals surface area contributed by atoms with Crippen molar-refractivity contribution in [2.75, 3.05) is 16.8 Å². The maximum atomic E-state index is 13.7. The molecule has 3 aromatic carbocycles. The normalized spacial score (nSPS) is 14.1. The van der Waals surface area contributed by atoms with Gasteiger partial charge in [-0.25, -0.2) is 0 Å². The number of hydrogen-bond acceptors (Lipinski definition) is 7. The molecule has 1 aliphatic heterocycles. The number of nitrogens with zero attached hydrogens (tertiary/aromatic N) is 4. The van der Waals surface area contributed by atoms with E-state index < -0.39 is 17.0 Å². The van der Waals surface area contributed by atoms with Gasteiger partial charge in [-0.05, 0) is 30.7 Å². The van der Waals surface area contributed by atoms with E-state index in [2.05, 4.69) is 15.4 Å². The highest BCUT2D eigenvalue weighted by Gasteiger charge is 2.35. The number of anilines is 2. The van der Waals surface area contributed by atoms with E-state index in [0.717, 1.165) is 27.0 Å². The van der Waals surface area contributed by atoms with E-state index in [1.807, 2.05) is 49.4 Å². The first-order valence-corrected chi connectivity index (χ1v) is 13.0. The van der Waals surface area contributed by atoms with Crippen molar-refractivity contribution < 1.29 is 9.59 Å². The van der Waals surface area contributed by atoms with E-state index in [1.54, 1.807) is 36.4 Å². The first-order valence-electron chi connectivity index (χ1n) is 12.2. The number of amides is 2. The molecule has 0 spiro atoms. The summed E-state index contributed by atoms with van der Waals surface area (Å²) in [6.07, 6.45) is 0.225. The highest BCUT2D eigenvalue weighted by molar-refractivity contribution is 7.15. The second kappa shape index (κ2) is 9.73. The quantitative estimate of drug-likeness (QED) is 0.370. The zero-order valence-electron chi connectivity index (χ0n) is 20.7. The molecule has 0 atom stereocenters. The van der Waals surface area contributed by atoms with Crippen LogP contribution in [0.5, 0.6) is 0 Å². The van der Waals surface area contributed by atoms with Gasteiger partial charge in [-0.2, -0.15) is 14.6 Å². The van der Waals surface area contributed by atoms with Gasteiger partial charge in [0.1, 0.15) is 16.8 Å². The molecule has 39 heavy (non-hydrogen) atoms. The number of benzene rings is 3. The summed E-state index contributed by atoms with van der Waals surface area (Å²) >= 11 is 0.934. The van der Waals surface area contributed by atoms with Gasteiger partial charge in [0.15, 0.2) is 0 Å². The third-order valence-corrected chi connectivity index (χ3v) is 7.46. The molecular formula is C29H21N5O4S. The fourth-order valence-corrected chi connectivity index (χ4v) is 5.52. The summed E-state index contributed by atoms with van der Waals surface area (Å²) in [6.45, 7) is 1.72. The number of hydrogen-bond donors (Lipinski definition) is 1. The Morgan fingerprint density at radius 1 is 0.923 bits per heavy atom. The van der Waals surface area contributed by atoms with Gasteiger partial charge >= 0.3 is 0 Å². The molecule has 3 heterocycles. The predicted molar refractivity (Wildman–Crippen MR) is 149 cm³/mol. The van der Waals surface area contributed by atoms with Gasteiger partial charge in [-0.3, -0.25) is 24.1 Å². The van der Waals surface area contributed by atoms with Gasteiger partial charge in [0.2, 0.25) is 10.9 Å². The van der Waals surface area contributed by atoms with E-state index in [0.29, 0.717) is 16.9 Å². The highest BCUT2D eigenvalue weighted by Crippen LogP contribution is 2.35. The molecular weight excluding hydrogens is 514 g/mol. The minimum Gasteiger partial charge on any atom is -0.325 e. The standard InChI is InChI=1S/C29H21N5O4S/c1-17-11-13-19(14-12-17)30-23(35)16-33-22-10-6-5-9-20(22)24(27(33)37)25-28(38)34-29(39-25)31-26(36)21(32-34)15-18-7-3-2-4-8-18/h2-14H,15-16H2,1H3,(H,30,35). The molecule has 0 unspecified atom stereocenters. The number of nitrogens with one attached hydrogen (secondary N) is 1. The second-order valence-electron chi connectivity index (χ2n) is 9.15. The summed E-state index contributed by atoms with van der Waals surface area (Å²) in [7, 11) is 0. The Morgan fingerprint density at radius 3 is 2.41 bits per heavy atom. The van der Waals surface area contributed by atoms with E-state index in [1.165, 1.54) is 4.90 Å². The maximum Gasteiger partial charge on any atom is 0.296 e. The largest absolute Gasteiger partial charge is 0.325 e. The molecule has 6 rings (SSSR count). The molecule has 0 bridgehead atoms. The Balaban J connectivity index is 1.40. The van der Waals surface area contributed by atoms with Crippen molar-refractivity contribution >= 4 is 45.1 Å². The molecule has 5 aromatic rings. The van der Waals surface area contributed by atoms with Gasteiger partial charge in [-0.15, -0.1) is 0 Å². The molecule has 1 aliphatic rings. The smallest absolute Gasteiger partial charge is 0.296 e. The third-order valence-electron chi connectivity index (χ3n) is 6.43. The van der Waals surface area contributed by atoms with Gasteiger partial charge in [-0.1, -0.05) is 77.6 Å². The molecule has 0 saturated heterocycles. The Kier molecular flexibility index (Phi) is 6.08. The predicted octanol–water partition coefficient (Wildman–Crippen LogP) is 2.31. The van der Waals surface area contributed by atoms with Crippen LogP contribution < -0.4 is 25.9 Å². The Bertz CT molecular complexity index is 1930. The summed E-state index contributed by atoms with van der Waals surface area (Å²) < 4.78 is 1.19. The monoisotopic (exact) mass is 535 g/mol. The highest BCUT2D eigenvalue weighted by atomic mass is 32.1. The first kappa shape index (κ1) is 24.4. The van der Waals surface area contributed by atoms with Crippen molar-refractivity contribution in [3.8, 4) is 0 Å². The zero-order valence-corrected chi connectivity index (χ0v) is 21.6. The maximum absolute atomic E-state index is 13.7. The minimum absolute atomic E-state index is 0.102. The summed E-state index contributed by atoms with van der Waals surface area (Å²) in [5, 5.41) is 7.11. The van der Waals surface area contributed by atoms with E-state index in [9.17, 15) is 19.2 Å². The number of thiazole rings is 1. The van der Waals surface area contributed by atoms with E-state index in [-0.39, 0.29) is 39.6 Å². The van der Waals surface area contributed by atoms with Crippen LogP contribution in [0.4, 0.5) is 11.4 Å². The summed E-state index contributed by atoms with van der Waals surface area (Å²) in [5.74, 6) is -0.854. The number of fused-ring (bicyclic) bond motifs is 2. The van der Waals surface area contributed by atoms with Crippen LogP contribution in [0.15, 0.2) is 88.5 Å². The van der Waals surface area contributed by atoms with Crippen molar-refractivity contribution in [1.82, 2.24) is 14.6 Å². The molecule has 9 nitrogen and oxygen atoms in total. The molecule has 0 fully saturated rings. The van der Waals surface area contributed by atoms with Crippen LogP contribution >= 0.6 is 11.3 Å². The van der Waals surface area contributed by atoms with Gasteiger partial charge in [0, 0.05) is 17.7 Å². The number of aromatic nitrogens is 3. The van der Waals surface area contributed by atoms with Crippen LogP contribution in [0, 0.1) is 6.92 Å². The van der Waals surface area contributed by atoms with Crippen LogP contribution in [-0.2, 0) is 16.0 Å². The number of para-hydroxylation sites is 1. The molecule has 10 heteroatoms. The molecule has 2 amide bonds. The lowest BCUT2D eigenvalue weighted by atomic mass is 10.1. The lowest BCUT2D eigenvalue weighted by molar-refractivity contribution is -0.118.